The van der Waals surface area contributed by atoms with Gasteiger partial charge in [0.05, 0.1) is 11.4 Å². The maximum absolute atomic E-state index is 5.77. The van der Waals surface area contributed by atoms with Crippen molar-refractivity contribution >= 4 is 11.3 Å². The lowest BCUT2D eigenvalue weighted by Gasteiger charge is -2.27. The van der Waals surface area contributed by atoms with E-state index in [2.05, 4.69) is 39.4 Å². The summed E-state index contributed by atoms with van der Waals surface area (Å²) in [4.78, 5) is 3.38. The van der Waals surface area contributed by atoms with Gasteiger partial charge in [0.1, 0.15) is 0 Å². The van der Waals surface area contributed by atoms with E-state index in [1.165, 1.54) is 11.1 Å². The zero-order valence-corrected chi connectivity index (χ0v) is 12.3. The van der Waals surface area contributed by atoms with Gasteiger partial charge in [-0.1, -0.05) is 30.3 Å². The second kappa shape index (κ2) is 5.42. The molecule has 1 aromatic carbocycles. The third-order valence-corrected chi connectivity index (χ3v) is 4.63. The van der Waals surface area contributed by atoms with E-state index >= 15 is 0 Å². The van der Waals surface area contributed by atoms with Gasteiger partial charge in [0.25, 0.3) is 5.89 Å². The summed E-state index contributed by atoms with van der Waals surface area (Å²) in [5.74, 6) is 1.31. The van der Waals surface area contributed by atoms with E-state index < -0.39 is 0 Å². The number of rotatable bonds is 3. The molecule has 0 unspecified atom stereocenters. The zero-order valence-electron chi connectivity index (χ0n) is 11.5. The summed E-state index contributed by atoms with van der Waals surface area (Å²) in [6.07, 6.45) is 1.09. The Hall–Kier alpha value is -1.98. The minimum absolute atomic E-state index is 0.623. The van der Waals surface area contributed by atoms with E-state index in [-0.39, 0.29) is 0 Å². The molecule has 1 aliphatic rings. The van der Waals surface area contributed by atoms with Gasteiger partial charge in [0.15, 0.2) is 0 Å². The first-order valence-electron chi connectivity index (χ1n) is 7.04. The highest BCUT2D eigenvalue weighted by molar-refractivity contribution is 7.13. The van der Waals surface area contributed by atoms with Gasteiger partial charge in [-0.15, -0.1) is 21.5 Å². The zero-order chi connectivity index (χ0) is 14.1. The lowest BCUT2D eigenvalue weighted by molar-refractivity contribution is 0.222. The summed E-state index contributed by atoms with van der Waals surface area (Å²) in [5, 5.41) is 10.3. The molecule has 0 spiro atoms. The molecule has 2 aromatic heterocycles. The molecule has 0 saturated carbocycles. The molecule has 21 heavy (non-hydrogen) atoms. The maximum Gasteiger partial charge on any atom is 0.257 e. The molecule has 0 atom stereocenters. The van der Waals surface area contributed by atoms with Crippen molar-refractivity contribution in [3.05, 3.63) is 58.8 Å². The van der Waals surface area contributed by atoms with Crippen LogP contribution >= 0.6 is 11.3 Å². The molecule has 4 rings (SSSR count). The summed E-state index contributed by atoms with van der Waals surface area (Å²) >= 11 is 1.62. The van der Waals surface area contributed by atoms with Crippen molar-refractivity contribution < 1.29 is 4.42 Å². The Morgan fingerprint density at radius 3 is 2.86 bits per heavy atom. The first kappa shape index (κ1) is 12.7. The number of thiophene rings is 1. The third kappa shape index (κ3) is 2.62. The van der Waals surface area contributed by atoms with Crippen LogP contribution in [0.25, 0.3) is 10.8 Å². The van der Waals surface area contributed by atoms with E-state index in [0.717, 1.165) is 24.4 Å². The topological polar surface area (TPSA) is 42.2 Å². The van der Waals surface area contributed by atoms with Crippen LogP contribution in [0.5, 0.6) is 0 Å². The molecule has 0 amide bonds. The highest BCUT2D eigenvalue weighted by Gasteiger charge is 2.18. The average Bonchev–Trinajstić information content (AvgIpc) is 3.18. The van der Waals surface area contributed by atoms with Crippen molar-refractivity contribution in [2.75, 3.05) is 6.54 Å². The summed E-state index contributed by atoms with van der Waals surface area (Å²) in [6, 6.07) is 12.6. The average molecular weight is 297 g/mol. The lowest BCUT2D eigenvalue weighted by Crippen LogP contribution is -2.30. The molecule has 106 valence electrons. The van der Waals surface area contributed by atoms with Crippen molar-refractivity contribution in [1.29, 1.82) is 0 Å². The van der Waals surface area contributed by atoms with Crippen LogP contribution in [0, 0.1) is 0 Å². The van der Waals surface area contributed by atoms with Crippen LogP contribution in [-0.2, 0) is 19.5 Å². The van der Waals surface area contributed by atoms with E-state index in [1.807, 2.05) is 17.5 Å². The van der Waals surface area contributed by atoms with Gasteiger partial charge in [0.2, 0.25) is 5.89 Å². The maximum atomic E-state index is 5.77. The van der Waals surface area contributed by atoms with Crippen LogP contribution in [0.3, 0.4) is 0 Å². The van der Waals surface area contributed by atoms with Gasteiger partial charge in [-0.05, 0) is 29.0 Å². The Bertz CT molecular complexity index is 736. The van der Waals surface area contributed by atoms with Gasteiger partial charge < -0.3 is 4.42 Å². The number of fused-ring (bicyclic) bond motifs is 1. The van der Waals surface area contributed by atoms with Crippen molar-refractivity contribution in [3.8, 4) is 10.8 Å². The largest absolute Gasteiger partial charge is 0.419 e. The summed E-state index contributed by atoms with van der Waals surface area (Å²) in [7, 11) is 0. The second-order valence-electron chi connectivity index (χ2n) is 5.21. The number of hydrogen-bond acceptors (Lipinski definition) is 5. The normalized spacial score (nSPS) is 15.0. The fraction of sp³-hybridized carbons (Fsp3) is 0.250. The Morgan fingerprint density at radius 1 is 1.10 bits per heavy atom. The quantitative estimate of drug-likeness (QED) is 0.743. The van der Waals surface area contributed by atoms with Crippen LogP contribution < -0.4 is 0 Å². The van der Waals surface area contributed by atoms with Gasteiger partial charge in [-0.2, -0.15) is 0 Å². The molecular weight excluding hydrogens is 282 g/mol. The lowest BCUT2D eigenvalue weighted by atomic mass is 10.00. The molecule has 0 bridgehead atoms. The summed E-state index contributed by atoms with van der Waals surface area (Å²) in [5.41, 5.74) is 2.86. The minimum Gasteiger partial charge on any atom is -0.419 e. The molecule has 0 saturated heterocycles. The van der Waals surface area contributed by atoms with Crippen LogP contribution in [0.2, 0.25) is 0 Å². The Kier molecular flexibility index (Phi) is 3.29. The minimum atomic E-state index is 0.623. The standard InChI is InChI=1S/C16H15N3OS/c1-2-5-13-10-19(8-7-12(13)4-1)11-15-17-18-16(20-15)14-6-3-9-21-14/h1-6,9H,7-8,10-11H2. The van der Waals surface area contributed by atoms with Crippen LogP contribution in [0.4, 0.5) is 0 Å². The van der Waals surface area contributed by atoms with Crippen LogP contribution in [0.1, 0.15) is 17.0 Å². The monoisotopic (exact) mass is 297 g/mol. The summed E-state index contributed by atoms with van der Waals surface area (Å²) in [6.45, 7) is 2.70. The summed E-state index contributed by atoms with van der Waals surface area (Å²) < 4.78 is 5.77. The highest BCUT2D eigenvalue weighted by atomic mass is 32.1. The molecule has 0 fully saturated rings. The smallest absolute Gasteiger partial charge is 0.257 e. The SMILES string of the molecule is c1csc(-c2nnc(CN3CCc4ccccc4C3)o2)c1. The molecular formula is C16H15N3OS. The van der Waals surface area contributed by atoms with Crippen molar-refractivity contribution in [3.63, 3.8) is 0 Å². The van der Waals surface area contributed by atoms with Gasteiger partial charge >= 0.3 is 0 Å². The van der Waals surface area contributed by atoms with Crippen molar-refractivity contribution in [1.82, 2.24) is 15.1 Å². The van der Waals surface area contributed by atoms with E-state index in [1.54, 1.807) is 11.3 Å². The van der Waals surface area contributed by atoms with Gasteiger partial charge in [-0.25, -0.2) is 0 Å². The fourth-order valence-corrected chi connectivity index (χ4v) is 3.34. The first-order chi connectivity index (χ1) is 10.4. The Balaban J connectivity index is 1.48. The highest BCUT2D eigenvalue weighted by Crippen LogP contribution is 2.24. The number of benzene rings is 1. The third-order valence-electron chi connectivity index (χ3n) is 3.77. The molecule has 3 heterocycles. The van der Waals surface area contributed by atoms with Gasteiger partial charge in [0, 0.05) is 13.1 Å². The van der Waals surface area contributed by atoms with Crippen molar-refractivity contribution in [2.45, 2.75) is 19.5 Å². The van der Waals surface area contributed by atoms with E-state index in [9.17, 15) is 0 Å². The van der Waals surface area contributed by atoms with E-state index in [4.69, 9.17) is 4.42 Å². The first-order valence-corrected chi connectivity index (χ1v) is 7.92. The fourth-order valence-electron chi connectivity index (χ4n) is 2.70. The van der Waals surface area contributed by atoms with Gasteiger partial charge in [-0.3, -0.25) is 4.90 Å². The molecule has 0 aliphatic carbocycles. The van der Waals surface area contributed by atoms with Crippen molar-refractivity contribution in [2.24, 2.45) is 0 Å². The molecule has 1 aliphatic heterocycles. The van der Waals surface area contributed by atoms with Crippen LogP contribution in [0.15, 0.2) is 46.2 Å². The molecule has 4 nitrogen and oxygen atoms in total. The Labute approximate surface area is 127 Å². The number of aromatic nitrogens is 2. The molecule has 0 radical (unpaired) electrons. The molecule has 3 aromatic rings. The Morgan fingerprint density at radius 2 is 2.00 bits per heavy atom. The number of nitrogens with zero attached hydrogens (tertiary/aromatic N) is 3. The molecule has 5 heteroatoms. The molecule has 0 N–H and O–H groups in total. The predicted octanol–water partition coefficient (Wildman–Crippen LogP) is 3.36. The van der Waals surface area contributed by atoms with Crippen LogP contribution in [-0.4, -0.2) is 21.6 Å². The second-order valence-corrected chi connectivity index (χ2v) is 6.16. The predicted molar refractivity (Wildman–Crippen MR) is 81.9 cm³/mol. The number of hydrogen-bond donors (Lipinski definition) is 0. The van der Waals surface area contributed by atoms with E-state index in [0.29, 0.717) is 18.3 Å².